The highest BCUT2D eigenvalue weighted by molar-refractivity contribution is 6.30. The molecule has 2 fully saturated rings. The summed E-state index contributed by atoms with van der Waals surface area (Å²) in [7, 11) is 0. The summed E-state index contributed by atoms with van der Waals surface area (Å²) < 4.78 is 5.32. The molecule has 0 aromatic heterocycles. The van der Waals surface area contributed by atoms with E-state index < -0.39 is 0 Å². The molecule has 0 bridgehead atoms. The maximum Gasteiger partial charge on any atom is 0.225 e. The molecule has 3 nitrogen and oxygen atoms in total. The SMILES string of the molecule is O=C([C@H]1CC[C@H](c2ccc(Cl)cc2)CC1)N1CCOCC1. The van der Waals surface area contributed by atoms with Crippen LogP contribution in [0.15, 0.2) is 24.3 Å². The molecule has 1 saturated carbocycles. The first-order chi connectivity index (χ1) is 10.2. The molecule has 0 radical (unpaired) electrons. The molecule has 1 heterocycles. The first-order valence-corrected chi connectivity index (χ1v) is 8.24. The molecule has 1 aromatic rings. The summed E-state index contributed by atoms with van der Waals surface area (Å²) in [4.78, 5) is 14.5. The quantitative estimate of drug-likeness (QED) is 0.837. The fourth-order valence-electron chi connectivity index (χ4n) is 3.45. The third-order valence-corrected chi connectivity index (χ3v) is 4.99. The lowest BCUT2D eigenvalue weighted by atomic mass is 9.78. The first-order valence-electron chi connectivity index (χ1n) is 7.86. The fourth-order valence-corrected chi connectivity index (χ4v) is 3.58. The Morgan fingerprint density at radius 2 is 1.67 bits per heavy atom. The highest BCUT2D eigenvalue weighted by Gasteiger charge is 2.30. The van der Waals surface area contributed by atoms with Crippen molar-refractivity contribution in [3.63, 3.8) is 0 Å². The molecule has 0 N–H and O–H groups in total. The molecule has 1 saturated heterocycles. The van der Waals surface area contributed by atoms with Crippen molar-refractivity contribution < 1.29 is 9.53 Å². The lowest BCUT2D eigenvalue weighted by Crippen LogP contribution is -2.44. The predicted octanol–water partition coefficient (Wildman–Crippen LogP) is 3.47. The highest BCUT2D eigenvalue weighted by atomic mass is 35.5. The zero-order valence-corrected chi connectivity index (χ0v) is 13.0. The minimum Gasteiger partial charge on any atom is -0.378 e. The Kier molecular flexibility index (Phi) is 4.81. The van der Waals surface area contributed by atoms with Crippen LogP contribution in [0.4, 0.5) is 0 Å². The summed E-state index contributed by atoms with van der Waals surface area (Å²) in [5, 5.41) is 0.787. The van der Waals surface area contributed by atoms with E-state index in [1.165, 1.54) is 5.56 Å². The Morgan fingerprint density at radius 1 is 1.05 bits per heavy atom. The number of ether oxygens (including phenoxy) is 1. The van der Waals surface area contributed by atoms with Crippen LogP contribution >= 0.6 is 11.6 Å². The largest absolute Gasteiger partial charge is 0.378 e. The van der Waals surface area contributed by atoms with Gasteiger partial charge in [0.05, 0.1) is 13.2 Å². The maximum absolute atomic E-state index is 12.5. The van der Waals surface area contributed by atoms with Gasteiger partial charge in [0.1, 0.15) is 0 Å². The standard InChI is InChI=1S/C17H22ClNO2/c18-16-7-5-14(6-8-16)13-1-3-15(4-2-13)17(20)19-9-11-21-12-10-19/h5-8,13,15H,1-4,9-12H2/t13-,15-. The second-order valence-electron chi connectivity index (χ2n) is 6.04. The molecule has 0 unspecified atom stereocenters. The van der Waals surface area contributed by atoms with Crippen LogP contribution in [-0.2, 0) is 9.53 Å². The molecule has 1 aromatic carbocycles. The molecule has 1 aliphatic carbocycles. The van der Waals surface area contributed by atoms with Crippen molar-refractivity contribution in [1.29, 1.82) is 0 Å². The van der Waals surface area contributed by atoms with Crippen molar-refractivity contribution in [2.75, 3.05) is 26.3 Å². The van der Waals surface area contributed by atoms with E-state index in [4.69, 9.17) is 16.3 Å². The van der Waals surface area contributed by atoms with Crippen molar-refractivity contribution in [2.24, 2.45) is 5.92 Å². The molecule has 21 heavy (non-hydrogen) atoms. The van der Waals surface area contributed by atoms with E-state index in [0.29, 0.717) is 25.0 Å². The van der Waals surface area contributed by atoms with Crippen LogP contribution in [0, 0.1) is 5.92 Å². The number of hydrogen-bond donors (Lipinski definition) is 0. The lowest BCUT2D eigenvalue weighted by molar-refractivity contribution is -0.140. The van der Waals surface area contributed by atoms with Gasteiger partial charge >= 0.3 is 0 Å². The summed E-state index contributed by atoms with van der Waals surface area (Å²) in [6.07, 6.45) is 4.21. The Balaban J connectivity index is 1.54. The van der Waals surface area contributed by atoms with Gasteiger partial charge in [0, 0.05) is 24.0 Å². The monoisotopic (exact) mass is 307 g/mol. The molecule has 2 aliphatic rings. The van der Waals surface area contributed by atoms with Gasteiger partial charge in [-0.05, 0) is 49.3 Å². The van der Waals surface area contributed by atoms with Crippen molar-refractivity contribution in [2.45, 2.75) is 31.6 Å². The van der Waals surface area contributed by atoms with Crippen LogP contribution in [-0.4, -0.2) is 37.1 Å². The molecule has 0 atom stereocenters. The topological polar surface area (TPSA) is 29.5 Å². The van der Waals surface area contributed by atoms with E-state index in [0.717, 1.165) is 43.8 Å². The van der Waals surface area contributed by atoms with E-state index in [-0.39, 0.29) is 5.92 Å². The number of benzene rings is 1. The van der Waals surface area contributed by atoms with E-state index in [1.54, 1.807) is 0 Å². The minimum atomic E-state index is 0.214. The predicted molar refractivity (Wildman–Crippen MR) is 83.6 cm³/mol. The second-order valence-corrected chi connectivity index (χ2v) is 6.47. The molecule has 1 aliphatic heterocycles. The molecular formula is C17H22ClNO2. The molecular weight excluding hydrogens is 286 g/mol. The highest BCUT2D eigenvalue weighted by Crippen LogP contribution is 2.36. The van der Waals surface area contributed by atoms with Gasteiger partial charge in [-0.2, -0.15) is 0 Å². The van der Waals surface area contributed by atoms with Crippen molar-refractivity contribution in [3.8, 4) is 0 Å². The van der Waals surface area contributed by atoms with Gasteiger partial charge in [0.25, 0.3) is 0 Å². The molecule has 114 valence electrons. The van der Waals surface area contributed by atoms with Gasteiger partial charge < -0.3 is 9.64 Å². The Morgan fingerprint density at radius 3 is 2.29 bits per heavy atom. The van der Waals surface area contributed by atoms with Crippen molar-refractivity contribution in [1.82, 2.24) is 4.90 Å². The first kappa shape index (κ1) is 14.9. The Bertz CT molecular complexity index is 474. The van der Waals surface area contributed by atoms with Crippen molar-refractivity contribution in [3.05, 3.63) is 34.9 Å². The average Bonchev–Trinajstić information content (AvgIpc) is 2.56. The summed E-state index contributed by atoms with van der Waals surface area (Å²) in [5.41, 5.74) is 1.36. The number of carbonyl (C=O) groups excluding carboxylic acids is 1. The maximum atomic E-state index is 12.5. The van der Waals surface area contributed by atoms with E-state index in [1.807, 2.05) is 17.0 Å². The Labute approximate surface area is 131 Å². The zero-order chi connectivity index (χ0) is 14.7. The van der Waals surface area contributed by atoms with Crippen molar-refractivity contribution >= 4 is 17.5 Å². The van der Waals surface area contributed by atoms with Gasteiger partial charge in [-0.1, -0.05) is 23.7 Å². The van der Waals surface area contributed by atoms with Crippen LogP contribution in [0.5, 0.6) is 0 Å². The number of halogens is 1. The fraction of sp³-hybridized carbons (Fsp3) is 0.588. The van der Waals surface area contributed by atoms with Gasteiger partial charge in [-0.25, -0.2) is 0 Å². The Hall–Kier alpha value is -1.06. The number of rotatable bonds is 2. The van der Waals surface area contributed by atoms with E-state index in [2.05, 4.69) is 12.1 Å². The van der Waals surface area contributed by atoms with Gasteiger partial charge in [0.2, 0.25) is 5.91 Å². The lowest BCUT2D eigenvalue weighted by Gasteiger charge is -2.34. The van der Waals surface area contributed by atoms with E-state index >= 15 is 0 Å². The summed E-state index contributed by atoms with van der Waals surface area (Å²) in [6, 6.07) is 8.16. The van der Waals surface area contributed by atoms with Gasteiger partial charge in [-0.3, -0.25) is 4.79 Å². The van der Waals surface area contributed by atoms with Crippen LogP contribution < -0.4 is 0 Å². The number of amides is 1. The van der Waals surface area contributed by atoms with Crippen LogP contribution in [0.25, 0.3) is 0 Å². The van der Waals surface area contributed by atoms with Gasteiger partial charge in [-0.15, -0.1) is 0 Å². The van der Waals surface area contributed by atoms with Crippen LogP contribution in [0.2, 0.25) is 5.02 Å². The molecule has 0 spiro atoms. The summed E-state index contributed by atoms with van der Waals surface area (Å²) >= 11 is 5.94. The number of hydrogen-bond acceptors (Lipinski definition) is 2. The molecule has 4 heteroatoms. The number of nitrogens with zero attached hydrogens (tertiary/aromatic N) is 1. The van der Waals surface area contributed by atoms with E-state index in [9.17, 15) is 4.79 Å². The molecule has 3 rings (SSSR count). The van der Waals surface area contributed by atoms with Crippen LogP contribution in [0.1, 0.15) is 37.2 Å². The smallest absolute Gasteiger partial charge is 0.225 e. The normalized spacial score (nSPS) is 26.6. The average molecular weight is 308 g/mol. The third-order valence-electron chi connectivity index (χ3n) is 4.74. The minimum absolute atomic E-state index is 0.214. The van der Waals surface area contributed by atoms with Gasteiger partial charge in [0.15, 0.2) is 0 Å². The summed E-state index contributed by atoms with van der Waals surface area (Å²) in [5.74, 6) is 1.13. The zero-order valence-electron chi connectivity index (χ0n) is 12.3. The summed E-state index contributed by atoms with van der Waals surface area (Å²) in [6.45, 7) is 2.89. The van der Waals surface area contributed by atoms with Crippen LogP contribution in [0.3, 0.4) is 0 Å². The third kappa shape index (κ3) is 3.58. The number of morpholine rings is 1. The molecule has 1 amide bonds. The second kappa shape index (κ2) is 6.80. The number of carbonyl (C=O) groups is 1.